The second kappa shape index (κ2) is 52.2. The van der Waals surface area contributed by atoms with E-state index in [4.69, 9.17) is 0 Å². The highest BCUT2D eigenvalue weighted by molar-refractivity contribution is 5.76. The van der Waals surface area contributed by atoms with Crippen LogP contribution in [0.4, 0.5) is 0 Å². The minimum Gasteiger partial charge on any atom is -0.394 e. The van der Waals surface area contributed by atoms with Crippen LogP contribution in [0.2, 0.25) is 0 Å². The molecule has 0 aromatic rings. The maximum atomic E-state index is 12.5. The molecule has 0 saturated carbocycles. The molecular weight excluding hydrogens is 763 g/mol. The van der Waals surface area contributed by atoms with Crippen LogP contribution >= 0.6 is 0 Å². The highest BCUT2D eigenvalue weighted by Crippen LogP contribution is 2.17. The Kier molecular flexibility index (Phi) is 51.0. The monoisotopic (exact) mass is 872 g/mol. The number of carbonyl (C=O) groups is 1. The summed E-state index contributed by atoms with van der Waals surface area (Å²) in [4.78, 5) is 12.5. The van der Waals surface area contributed by atoms with Gasteiger partial charge in [0.15, 0.2) is 0 Å². The van der Waals surface area contributed by atoms with Crippen LogP contribution in [-0.2, 0) is 4.79 Å². The van der Waals surface area contributed by atoms with Gasteiger partial charge in [0, 0.05) is 0 Å². The number of rotatable bonds is 51. The molecule has 3 unspecified atom stereocenters. The van der Waals surface area contributed by atoms with Gasteiger partial charge in [-0.1, -0.05) is 281 Å². The van der Waals surface area contributed by atoms with Gasteiger partial charge >= 0.3 is 0 Å². The van der Waals surface area contributed by atoms with Crippen LogP contribution in [0.15, 0.2) is 36.5 Å². The molecule has 0 spiro atoms. The van der Waals surface area contributed by atoms with Crippen molar-refractivity contribution in [1.29, 1.82) is 0 Å². The predicted molar refractivity (Wildman–Crippen MR) is 273 cm³/mol. The Morgan fingerprint density at radius 3 is 1.03 bits per heavy atom. The minimum absolute atomic E-state index is 0.00563. The first kappa shape index (κ1) is 60.6. The number of amides is 1. The third-order valence-corrected chi connectivity index (χ3v) is 12.9. The summed E-state index contributed by atoms with van der Waals surface area (Å²) in [5, 5.41) is 33.4. The van der Waals surface area contributed by atoms with Crippen molar-refractivity contribution in [3.63, 3.8) is 0 Å². The van der Waals surface area contributed by atoms with Gasteiger partial charge in [0.05, 0.1) is 31.3 Å². The summed E-state index contributed by atoms with van der Waals surface area (Å²) in [5.74, 6) is -0.325. The molecule has 0 heterocycles. The number of carbonyl (C=O) groups excluding carboxylic acids is 1. The Morgan fingerprint density at radius 2 is 0.694 bits per heavy atom. The van der Waals surface area contributed by atoms with Crippen LogP contribution in [0.5, 0.6) is 0 Å². The van der Waals surface area contributed by atoms with Crippen molar-refractivity contribution in [3.05, 3.63) is 36.5 Å². The third-order valence-electron chi connectivity index (χ3n) is 12.9. The van der Waals surface area contributed by atoms with Gasteiger partial charge in [-0.15, -0.1) is 0 Å². The van der Waals surface area contributed by atoms with Crippen LogP contribution in [0.1, 0.15) is 296 Å². The van der Waals surface area contributed by atoms with Gasteiger partial charge in [0.1, 0.15) is 0 Å². The van der Waals surface area contributed by atoms with Crippen molar-refractivity contribution < 1.29 is 20.1 Å². The van der Waals surface area contributed by atoms with E-state index in [-0.39, 0.29) is 18.9 Å². The molecule has 0 aromatic carbocycles. The minimum atomic E-state index is -0.959. The quantitative estimate of drug-likeness (QED) is 0.0362. The average Bonchev–Trinajstić information content (AvgIpc) is 3.27. The molecule has 0 saturated heterocycles. The van der Waals surface area contributed by atoms with Gasteiger partial charge in [-0.3, -0.25) is 4.79 Å². The number of aliphatic hydroxyl groups excluding tert-OH is 3. The van der Waals surface area contributed by atoms with E-state index in [1.54, 1.807) is 6.08 Å². The topological polar surface area (TPSA) is 89.8 Å². The molecule has 0 aliphatic rings. The summed E-state index contributed by atoms with van der Waals surface area (Å²) < 4.78 is 0. The van der Waals surface area contributed by atoms with E-state index < -0.39 is 18.2 Å². The van der Waals surface area contributed by atoms with E-state index in [0.29, 0.717) is 6.42 Å². The Hall–Kier alpha value is -1.43. The maximum Gasteiger partial charge on any atom is 0.222 e. The average molecular weight is 873 g/mol. The van der Waals surface area contributed by atoms with E-state index >= 15 is 0 Å². The number of hydrogen-bond acceptors (Lipinski definition) is 4. The number of hydrogen-bond donors (Lipinski definition) is 4. The first-order chi connectivity index (χ1) is 30.5. The predicted octanol–water partition coefficient (Wildman–Crippen LogP) is 17.1. The molecule has 0 aromatic heterocycles. The van der Waals surface area contributed by atoms with Crippen molar-refractivity contribution >= 4 is 5.91 Å². The fraction of sp³-hybridized carbons (Fsp3) is 0.877. The lowest BCUT2D eigenvalue weighted by Gasteiger charge is -2.21. The highest BCUT2D eigenvalue weighted by Gasteiger charge is 2.20. The number of nitrogens with one attached hydrogen (secondary N) is 1. The smallest absolute Gasteiger partial charge is 0.222 e. The normalized spacial score (nSPS) is 13.6. The second-order valence-corrected chi connectivity index (χ2v) is 19.2. The molecule has 3 atom stereocenters. The van der Waals surface area contributed by atoms with Crippen LogP contribution in [-0.4, -0.2) is 46.1 Å². The van der Waals surface area contributed by atoms with Gasteiger partial charge in [-0.2, -0.15) is 0 Å². The van der Waals surface area contributed by atoms with Crippen LogP contribution < -0.4 is 5.32 Å². The molecule has 0 radical (unpaired) electrons. The number of allylic oxidation sites excluding steroid dienone is 5. The largest absolute Gasteiger partial charge is 0.394 e. The molecule has 62 heavy (non-hydrogen) atoms. The molecule has 0 aliphatic heterocycles. The van der Waals surface area contributed by atoms with Crippen LogP contribution in [0.3, 0.4) is 0 Å². The van der Waals surface area contributed by atoms with E-state index in [2.05, 4.69) is 43.5 Å². The van der Waals surface area contributed by atoms with E-state index in [1.807, 2.05) is 6.08 Å². The SMILES string of the molecule is CCCCCCCCCCC/C=C/CC/C=C/CC/C=C/C(O)C(CO)NC(=O)CC(O)CCCCCCCCCCCCCCCCCCCCCCCCCCCCCC. The molecule has 5 heteroatoms. The molecule has 0 aliphatic carbocycles. The zero-order valence-electron chi connectivity index (χ0n) is 41.8. The summed E-state index contributed by atoms with van der Waals surface area (Å²) in [6.07, 6.45) is 67.6. The molecule has 1 amide bonds. The van der Waals surface area contributed by atoms with Gasteiger partial charge < -0.3 is 20.6 Å². The Morgan fingerprint density at radius 1 is 0.403 bits per heavy atom. The third kappa shape index (κ3) is 48.0. The molecule has 5 nitrogen and oxygen atoms in total. The second-order valence-electron chi connectivity index (χ2n) is 19.2. The van der Waals surface area contributed by atoms with Gasteiger partial charge in [0.2, 0.25) is 5.91 Å². The lowest BCUT2D eigenvalue weighted by atomic mass is 10.0. The van der Waals surface area contributed by atoms with Crippen LogP contribution in [0, 0.1) is 0 Å². The summed E-state index contributed by atoms with van der Waals surface area (Å²) >= 11 is 0. The van der Waals surface area contributed by atoms with Gasteiger partial charge in [-0.05, 0) is 44.9 Å². The van der Waals surface area contributed by atoms with Crippen molar-refractivity contribution in [2.24, 2.45) is 0 Å². The molecule has 0 fully saturated rings. The lowest BCUT2D eigenvalue weighted by molar-refractivity contribution is -0.124. The summed E-state index contributed by atoms with van der Waals surface area (Å²) in [7, 11) is 0. The molecular formula is C57H109NO4. The number of aliphatic hydroxyl groups is 3. The summed E-state index contributed by atoms with van der Waals surface area (Å²) in [6.45, 7) is 4.22. The Balaban J connectivity index is 3.58. The zero-order chi connectivity index (χ0) is 45.1. The van der Waals surface area contributed by atoms with E-state index in [1.165, 1.54) is 231 Å². The fourth-order valence-corrected chi connectivity index (χ4v) is 8.67. The summed E-state index contributed by atoms with van der Waals surface area (Å²) in [5.41, 5.74) is 0. The van der Waals surface area contributed by atoms with Crippen molar-refractivity contribution in [3.8, 4) is 0 Å². The molecule has 4 N–H and O–H groups in total. The van der Waals surface area contributed by atoms with E-state index in [0.717, 1.165) is 38.5 Å². The van der Waals surface area contributed by atoms with Gasteiger partial charge in [-0.25, -0.2) is 0 Å². The number of unbranched alkanes of at least 4 members (excludes halogenated alkanes) is 38. The maximum absolute atomic E-state index is 12.5. The van der Waals surface area contributed by atoms with E-state index in [9.17, 15) is 20.1 Å². The van der Waals surface area contributed by atoms with Gasteiger partial charge in [0.25, 0.3) is 0 Å². The highest BCUT2D eigenvalue weighted by atomic mass is 16.3. The van der Waals surface area contributed by atoms with Crippen molar-refractivity contribution in [1.82, 2.24) is 5.32 Å². The van der Waals surface area contributed by atoms with Crippen LogP contribution in [0.25, 0.3) is 0 Å². The fourth-order valence-electron chi connectivity index (χ4n) is 8.67. The Bertz CT molecular complexity index is 962. The first-order valence-corrected chi connectivity index (χ1v) is 27.8. The lowest BCUT2D eigenvalue weighted by Crippen LogP contribution is -2.45. The molecule has 0 rings (SSSR count). The molecule has 0 bridgehead atoms. The van der Waals surface area contributed by atoms with Crippen molar-refractivity contribution in [2.45, 2.75) is 315 Å². The van der Waals surface area contributed by atoms with Crippen molar-refractivity contribution in [2.75, 3.05) is 6.61 Å². The summed E-state index contributed by atoms with van der Waals surface area (Å²) in [6, 6.07) is -0.766. The Labute approximate surface area is 387 Å². The molecule has 366 valence electrons. The zero-order valence-corrected chi connectivity index (χ0v) is 41.8. The first-order valence-electron chi connectivity index (χ1n) is 27.8. The standard InChI is InChI=1S/C57H109NO4/c1-3-5-7-9-11-13-15-17-19-21-23-24-25-26-27-28-29-30-31-33-34-36-38-40-42-44-46-48-50-54(60)52-57(62)58-55(53-59)56(61)51-49-47-45-43-41-39-37-35-32-22-20-18-16-14-12-10-8-6-4-2/h32,35,41,43,49,51,54-56,59-61H,3-31,33-34,36-40,42,44-48,50,52-53H2,1-2H3,(H,58,62)/b35-32+,43-41+,51-49+.